The van der Waals surface area contributed by atoms with Crippen molar-refractivity contribution in [3.05, 3.63) is 60.2 Å². The monoisotopic (exact) mass is 363 g/mol. The summed E-state index contributed by atoms with van der Waals surface area (Å²) in [6, 6.07) is 18.8. The van der Waals surface area contributed by atoms with Crippen molar-refractivity contribution in [1.82, 2.24) is 14.8 Å². The Kier molecular flexibility index (Phi) is 5.34. The van der Waals surface area contributed by atoms with Crippen LogP contribution >= 0.6 is 11.8 Å². The zero-order chi connectivity index (χ0) is 18.5. The Morgan fingerprint density at radius 2 is 1.85 bits per heavy atom. The Labute approximate surface area is 155 Å². The van der Waals surface area contributed by atoms with Crippen LogP contribution < -0.4 is 5.32 Å². The molecule has 0 spiro atoms. The molecular weight excluding hydrogens is 346 g/mol. The molecule has 26 heavy (non-hydrogen) atoms. The number of carbonyl (C=O) groups is 1. The molecule has 0 aliphatic rings. The lowest BCUT2D eigenvalue weighted by atomic mass is 10.2. The second kappa shape index (κ2) is 7.85. The molecule has 130 valence electrons. The van der Waals surface area contributed by atoms with Gasteiger partial charge in [-0.3, -0.25) is 4.79 Å². The number of hydrogen-bond donors (Lipinski definition) is 1. The van der Waals surface area contributed by atoms with E-state index in [1.165, 1.54) is 11.8 Å². The van der Waals surface area contributed by atoms with Gasteiger partial charge in [0.1, 0.15) is 6.07 Å². The molecule has 6 nitrogen and oxygen atoms in total. The van der Waals surface area contributed by atoms with Crippen LogP contribution in [0.1, 0.15) is 12.5 Å². The number of nitrogens with one attached hydrogen (secondary N) is 1. The topological polar surface area (TPSA) is 83.6 Å². The van der Waals surface area contributed by atoms with Crippen molar-refractivity contribution >= 4 is 23.4 Å². The molecule has 1 amide bonds. The van der Waals surface area contributed by atoms with Gasteiger partial charge in [0.25, 0.3) is 0 Å². The van der Waals surface area contributed by atoms with Crippen LogP contribution in [0.15, 0.2) is 59.8 Å². The van der Waals surface area contributed by atoms with Gasteiger partial charge in [-0.05, 0) is 19.1 Å². The van der Waals surface area contributed by atoms with Gasteiger partial charge in [-0.15, -0.1) is 10.2 Å². The van der Waals surface area contributed by atoms with E-state index in [0.29, 0.717) is 16.4 Å². The van der Waals surface area contributed by atoms with Crippen LogP contribution in [-0.2, 0) is 11.8 Å². The van der Waals surface area contributed by atoms with Crippen LogP contribution in [0.4, 0.5) is 5.69 Å². The summed E-state index contributed by atoms with van der Waals surface area (Å²) in [6.45, 7) is 1.80. The maximum atomic E-state index is 12.5. The molecular formula is C19H17N5OS. The standard InChI is InChI=1S/C19H17N5OS/c1-13(18(25)21-16-11-7-6-10-15(16)12-20)26-19-23-22-17(24(19)2)14-8-4-3-5-9-14/h3-11,13H,1-2H3,(H,21,25)/t13-/m1/s1. The third-order valence-corrected chi connectivity index (χ3v) is 4.96. The first-order valence-corrected chi connectivity index (χ1v) is 8.89. The second-order valence-corrected chi connectivity index (χ2v) is 6.95. The minimum Gasteiger partial charge on any atom is -0.324 e. The van der Waals surface area contributed by atoms with Crippen LogP contribution in [0, 0.1) is 11.3 Å². The van der Waals surface area contributed by atoms with Gasteiger partial charge in [-0.2, -0.15) is 5.26 Å². The fourth-order valence-electron chi connectivity index (χ4n) is 2.39. The van der Waals surface area contributed by atoms with E-state index in [4.69, 9.17) is 5.26 Å². The molecule has 0 fully saturated rings. The van der Waals surface area contributed by atoms with Crippen LogP contribution in [0.5, 0.6) is 0 Å². The zero-order valence-corrected chi connectivity index (χ0v) is 15.2. The van der Waals surface area contributed by atoms with Crippen LogP contribution in [-0.4, -0.2) is 25.9 Å². The summed E-state index contributed by atoms with van der Waals surface area (Å²) in [5.41, 5.74) is 1.91. The lowest BCUT2D eigenvalue weighted by Crippen LogP contribution is -2.23. The molecule has 1 N–H and O–H groups in total. The van der Waals surface area contributed by atoms with Gasteiger partial charge in [0.2, 0.25) is 5.91 Å². The minimum absolute atomic E-state index is 0.193. The number of thioether (sulfide) groups is 1. The zero-order valence-electron chi connectivity index (χ0n) is 14.4. The van der Waals surface area contributed by atoms with Gasteiger partial charge >= 0.3 is 0 Å². The van der Waals surface area contributed by atoms with Crippen molar-refractivity contribution in [1.29, 1.82) is 5.26 Å². The summed E-state index contributed by atoms with van der Waals surface area (Å²) in [4.78, 5) is 12.5. The van der Waals surface area contributed by atoms with Gasteiger partial charge in [0.05, 0.1) is 16.5 Å². The SMILES string of the molecule is C[C@@H](Sc1nnc(-c2ccccc2)n1C)C(=O)Nc1ccccc1C#N. The number of hydrogen-bond acceptors (Lipinski definition) is 5. The molecule has 0 saturated heterocycles. The third kappa shape index (κ3) is 3.76. The summed E-state index contributed by atoms with van der Waals surface area (Å²) in [5.74, 6) is 0.553. The van der Waals surface area contributed by atoms with E-state index >= 15 is 0 Å². The first-order chi connectivity index (χ1) is 12.6. The van der Waals surface area contributed by atoms with Gasteiger partial charge in [-0.25, -0.2) is 0 Å². The molecule has 1 atom stereocenters. The lowest BCUT2D eigenvalue weighted by molar-refractivity contribution is -0.115. The molecule has 3 aromatic rings. The van der Waals surface area contributed by atoms with Crippen molar-refractivity contribution < 1.29 is 4.79 Å². The van der Waals surface area contributed by atoms with Crippen molar-refractivity contribution in [2.75, 3.05) is 5.32 Å². The largest absolute Gasteiger partial charge is 0.324 e. The van der Waals surface area contributed by atoms with Gasteiger partial charge in [-0.1, -0.05) is 54.2 Å². The number of nitrogens with zero attached hydrogens (tertiary/aromatic N) is 4. The van der Waals surface area contributed by atoms with E-state index in [1.54, 1.807) is 31.2 Å². The van der Waals surface area contributed by atoms with E-state index in [9.17, 15) is 4.79 Å². The molecule has 0 bridgehead atoms. The smallest absolute Gasteiger partial charge is 0.237 e. The molecule has 7 heteroatoms. The Bertz CT molecular complexity index is 962. The maximum Gasteiger partial charge on any atom is 0.237 e. The fourth-order valence-corrected chi connectivity index (χ4v) is 3.21. The third-order valence-electron chi connectivity index (χ3n) is 3.82. The van der Waals surface area contributed by atoms with Crippen molar-refractivity contribution in [3.8, 4) is 17.5 Å². The molecule has 3 rings (SSSR count). The fraction of sp³-hybridized carbons (Fsp3) is 0.158. The molecule has 0 saturated carbocycles. The number of para-hydroxylation sites is 1. The maximum absolute atomic E-state index is 12.5. The molecule has 0 aliphatic carbocycles. The molecule has 0 radical (unpaired) electrons. The van der Waals surface area contributed by atoms with Crippen LogP contribution in [0.25, 0.3) is 11.4 Å². The second-order valence-electron chi connectivity index (χ2n) is 5.64. The van der Waals surface area contributed by atoms with Crippen LogP contribution in [0.2, 0.25) is 0 Å². The minimum atomic E-state index is -0.395. The van der Waals surface area contributed by atoms with Gasteiger partial charge in [0, 0.05) is 12.6 Å². The summed E-state index contributed by atoms with van der Waals surface area (Å²) < 4.78 is 1.87. The van der Waals surface area contributed by atoms with Crippen molar-refractivity contribution in [2.24, 2.45) is 7.05 Å². The number of carbonyl (C=O) groups excluding carboxylic acids is 1. The summed E-state index contributed by atoms with van der Waals surface area (Å²) >= 11 is 1.32. The molecule has 0 aliphatic heterocycles. The van der Waals surface area contributed by atoms with E-state index in [1.807, 2.05) is 41.9 Å². The highest BCUT2D eigenvalue weighted by atomic mass is 32.2. The summed E-state index contributed by atoms with van der Waals surface area (Å²) in [7, 11) is 1.88. The Hall–Kier alpha value is -3.11. The van der Waals surface area contributed by atoms with E-state index in [2.05, 4.69) is 21.6 Å². The highest BCUT2D eigenvalue weighted by molar-refractivity contribution is 8.00. The number of amides is 1. The first-order valence-electron chi connectivity index (χ1n) is 8.01. The number of aromatic nitrogens is 3. The number of rotatable bonds is 5. The number of nitriles is 1. The average molecular weight is 363 g/mol. The highest BCUT2D eigenvalue weighted by Gasteiger charge is 2.20. The normalized spacial score (nSPS) is 11.6. The molecule has 1 aromatic heterocycles. The predicted octanol–water partition coefficient (Wildman–Crippen LogP) is 3.47. The first kappa shape index (κ1) is 17.7. The lowest BCUT2D eigenvalue weighted by Gasteiger charge is -2.12. The summed E-state index contributed by atoms with van der Waals surface area (Å²) in [5, 5.41) is 20.6. The number of anilines is 1. The number of benzene rings is 2. The Morgan fingerprint density at radius 1 is 1.15 bits per heavy atom. The highest BCUT2D eigenvalue weighted by Crippen LogP contribution is 2.26. The van der Waals surface area contributed by atoms with Crippen LogP contribution in [0.3, 0.4) is 0 Å². The molecule has 0 unspecified atom stereocenters. The van der Waals surface area contributed by atoms with Crippen molar-refractivity contribution in [2.45, 2.75) is 17.3 Å². The molecule has 1 heterocycles. The van der Waals surface area contributed by atoms with Gasteiger partial charge in [0.15, 0.2) is 11.0 Å². The quantitative estimate of drug-likeness (QED) is 0.702. The Morgan fingerprint density at radius 3 is 2.58 bits per heavy atom. The van der Waals surface area contributed by atoms with E-state index < -0.39 is 5.25 Å². The molecule has 2 aromatic carbocycles. The predicted molar refractivity (Wildman–Crippen MR) is 102 cm³/mol. The average Bonchev–Trinajstić information content (AvgIpc) is 3.03. The van der Waals surface area contributed by atoms with E-state index in [0.717, 1.165) is 11.4 Å². The van der Waals surface area contributed by atoms with Crippen molar-refractivity contribution in [3.63, 3.8) is 0 Å². The summed E-state index contributed by atoms with van der Waals surface area (Å²) in [6.07, 6.45) is 0. The Balaban J connectivity index is 1.72. The van der Waals surface area contributed by atoms with Gasteiger partial charge < -0.3 is 9.88 Å². The van der Waals surface area contributed by atoms with E-state index in [-0.39, 0.29) is 5.91 Å².